The summed E-state index contributed by atoms with van der Waals surface area (Å²) in [6, 6.07) is 4.88. The van der Waals surface area contributed by atoms with Crippen molar-refractivity contribution in [1.82, 2.24) is 20.2 Å². The zero-order valence-corrected chi connectivity index (χ0v) is 14.0. The summed E-state index contributed by atoms with van der Waals surface area (Å²) < 4.78 is 1.57. The summed E-state index contributed by atoms with van der Waals surface area (Å²) in [6.45, 7) is 5.87. The molecular weight excluding hydrogens is 345 g/mol. The molecule has 0 radical (unpaired) electrons. The van der Waals surface area contributed by atoms with E-state index in [1.807, 2.05) is 0 Å². The monoisotopic (exact) mass is 357 g/mol. The van der Waals surface area contributed by atoms with Crippen LogP contribution in [0, 0.1) is 0 Å². The lowest BCUT2D eigenvalue weighted by Gasteiger charge is -2.12. The summed E-state index contributed by atoms with van der Waals surface area (Å²) in [5, 5.41) is 15.1. The van der Waals surface area contributed by atoms with Crippen molar-refractivity contribution in [2.75, 3.05) is 5.32 Å². The number of carbonyl (C=O) groups excluding carboxylic acids is 1. The van der Waals surface area contributed by atoms with Crippen LogP contribution in [-0.2, 0) is 11.3 Å². The number of amides is 1. The maximum atomic E-state index is 12.2. The van der Waals surface area contributed by atoms with Crippen LogP contribution < -0.4 is 5.32 Å². The predicted molar refractivity (Wildman–Crippen MR) is 88.4 cm³/mol. The molecule has 2 rings (SSSR count). The van der Waals surface area contributed by atoms with Crippen LogP contribution in [0.4, 0.5) is 5.69 Å². The fourth-order valence-corrected chi connectivity index (χ4v) is 2.81. The molecular formula is C13H13Cl2N5OS. The van der Waals surface area contributed by atoms with Crippen molar-refractivity contribution in [3.63, 3.8) is 0 Å². The van der Waals surface area contributed by atoms with Crippen LogP contribution in [-0.4, -0.2) is 31.4 Å². The number of thioether (sulfide) groups is 1. The molecule has 0 aliphatic rings. The number of rotatable bonds is 6. The van der Waals surface area contributed by atoms with Crippen molar-refractivity contribution in [3.8, 4) is 0 Å². The number of tetrazole rings is 1. The maximum Gasteiger partial charge on any atom is 0.237 e. The molecule has 0 aliphatic heterocycles. The Balaban J connectivity index is 2.02. The Kier molecular flexibility index (Phi) is 5.82. The first kappa shape index (κ1) is 16.8. The molecule has 1 N–H and O–H groups in total. The Morgan fingerprint density at radius 2 is 2.32 bits per heavy atom. The average molecular weight is 358 g/mol. The zero-order valence-electron chi connectivity index (χ0n) is 11.7. The summed E-state index contributed by atoms with van der Waals surface area (Å²) in [5.41, 5.74) is 0.509. The highest BCUT2D eigenvalue weighted by atomic mass is 35.5. The number of aromatic nitrogens is 4. The molecule has 116 valence electrons. The van der Waals surface area contributed by atoms with Gasteiger partial charge in [0.25, 0.3) is 0 Å². The number of hydrogen-bond acceptors (Lipinski definition) is 5. The molecule has 0 aliphatic carbocycles. The zero-order chi connectivity index (χ0) is 16.1. The van der Waals surface area contributed by atoms with Crippen LogP contribution in [0.25, 0.3) is 0 Å². The van der Waals surface area contributed by atoms with Crippen molar-refractivity contribution in [2.24, 2.45) is 0 Å². The molecule has 1 amide bonds. The van der Waals surface area contributed by atoms with Gasteiger partial charge in [-0.2, -0.15) is 0 Å². The number of nitrogens with one attached hydrogen (secondary N) is 1. The summed E-state index contributed by atoms with van der Waals surface area (Å²) in [5.74, 6) is -0.206. The summed E-state index contributed by atoms with van der Waals surface area (Å²) in [4.78, 5) is 12.2. The quantitative estimate of drug-likeness (QED) is 0.634. The van der Waals surface area contributed by atoms with Crippen LogP contribution in [0.2, 0.25) is 10.0 Å². The van der Waals surface area contributed by atoms with Gasteiger partial charge in [0.1, 0.15) is 0 Å². The molecule has 2 aromatic rings. The third-order valence-electron chi connectivity index (χ3n) is 2.64. The minimum absolute atomic E-state index is 0.206. The molecule has 0 bridgehead atoms. The standard InChI is InChI=1S/C13H13Cl2N5OS/c1-3-6-20-13(17-18-19-20)22-8(2)12(21)16-11-5-4-9(14)7-10(11)15/h3-5,7-8H,1,6H2,2H3,(H,16,21). The third-order valence-corrected chi connectivity index (χ3v) is 4.26. The van der Waals surface area contributed by atoms with Crippen LogP contribution in [0.3, 0.4) is 0 Å². The van der Waals surface area contributed by atoms with E-state index in [4.69, 9.17) is 23.2 Å². The van der Waals surface area contributed by atoms with E-state index in [0.717, 1.165) is 0 Å². The third kappa shape index (κ3) is 4.22. The van der Waals surface area contributed by atoms with E-state index in [-0.39, 0.29) is 5.91 Å². The van der Waals surface area contributed by atoms with Gasteiger partial charge in [-0.15, -0.1) is 11.7 Å². The van der Waals surface area contributed by atoms with E-state index in [1.165, 1.54) is 11.8 Å². The van der Waals surface area contributed by atoms with Gasteiger partial charge in [0.05, 0.1) is 22.5 Å². The number of allylic oxidation sites excluding steroid dienone is 1. The Bertz CT molecular complexity index is 691. The number of anilines is 1. The first-order valence-electron chi connectivity index (χ1n) is 6.31. The second-order valence-corrected chi connectivity index (χ2v) is 6.46. The highest BCUT2D eigenvalue weighted by Gasteiger charge is 2.19. The number of hydrogen-bond donors (Lipinski definition) is 1. The van der Waals surface area contributed by atoms with Gasteiger partial charge in [-0.3, -0.25) is 4.79 Å². The van der Waals surface area contributed by atoms with Gasteiger partial charge >= 0.3 is 0 Å². The van der Waals surface area contributed by atoms with Gasteiger partial charge in [0.15, 0.2) is 0 Å². The first-order valence-corrected chi connectivity index (χ1v) is 7.94. The van der Waals surface area contributed by atoms with Crippen LogP contribution in [0.1, 0.15) is 6.92 Å². The minimum atomic E-state index is -0.402. The van der Waals surface area contributed by atoms with Crippen molar-refractivity contribution in [2.45, 2.75) is 23.9 Å². The molecule has 0 saturated heterocycles. The fraction of sp³-hybridized carbons (Fsp3) is 0.231. The number of nitrogens with zero attached hydrogens (tertiary/aromatic N) is 4. The molecule has 1 aromatic carbocycles. The molecule has 1 atom stereocenters. The van der Waals surface area contributed by atoms with Gasteiger partial charge in [-0.25, -0.2) is 4.68 Å². The second-order valence-electron chi connectivity index (χ2n) is 4.31. The van der Waals surface area contributed by atoms with Crippen LogP contribution >= 0.6 is 35.0 Å². The summed E-state index contributed by atoms with van der Waals surface area (Å²) in [6.07, 6.45) is 1.68. The molecule has 1 heterocycles. The van der Waals surface area contributed by atoms with E-state index >= 15 is 0 Å². The summed E-state index contributed by atoms with van der Waals surface area (Å²) in [7, 11) is 0. The molecule has 1 aromatic heterocycles. The lowest BCUT2D eigenvalue weighted by Crippen LogP contribution is -2.23. The Hall–Kier alpha value is -1.57. The topological polar surface area (TPSA) is 72.7 Å². The Morgan fingerprint density at radius 1 is 1.55 bits per heavy atom. The summed E-state index contributed by atoms with van der Waals surface area (Å²) >= 11 is 13.1. The largest absolute Gasteiger partial charge is 0.324 e. The van der Waals surface area contributed by atoms with E-state index in [9.17, 15) is 4.79 Å². The average Bonchev–Trinajstić information content (AvgIpc) is 2.89. The Morgan fingerprint density at radius 3 is 3.00 bits per heavy atom. The maximum absolute atomic E-state index is 12.2. The van der Waals surface area contributed by atoms with Crippen molar-refractivity contribution in [3.05, 3.63) is 40.9 Å². The molecule has 6 nitrogen and oxygen atoms in total. The molecule has 22 heavy (non-hydrogen) atoms. The molecule has 0 spiro atoms. The van der Waals surface area contributed by atoms with Gasteiger partial charge in [-0.1, -0.05) is 41.0 Å². The second kappa shape index (κ2) is 7.62. The van der Waals surface area contributed by atoms with Crippen molar-refractivity contribution < 1.29 is 4.79 Å². The van der Waals surface area contributed by atoms with Crippen molar-refractivity contribution in [1.29, 1.82) is 0 Å². The van der Waals surface area contributed by atoms with Gasteiger partial charge in [0.2, 0.25) is 11.1 Å². The number of halogens is 2. The SMILES string of the molecule is C=CCn1nnnc1SC(C)C(=O)Nc1ccc(Cl)cc1Cl. The Labute approximate surface area is 141 Å². The minimum Gasteiger partial charge on any atom is -0.324 e. The predicted octanol–water partition coefficient (Wildman–Crippen LogP) is 3.29. The van der Waals surface area contributed by atoms with Crippen LogP contribution in [0.15, 0.2) is 36.0 Å². The molecule has 9 heteroatoms. The molecule has 1 unspecified atom stereocenters. The van der Waals surface area contributed by atoms with Crippen LogP contribution in [0.5, 0.6) is 0 Å². The molecule has 0 fully saturated rings. The lowest BCUT2D eigenvalue weighted by atomic mass is 10.3. The highest BCUT2D eigenvalue weighted by molar-refractivity contribution is 8.00. The normalized spacial score (nSPS) is 12.0. The van der Waals surface area contributed by atoms with Gasteiger partial charge in [0, 0.05) is 5.02 Å². The fourth-order valence-electron chi connectivity index (χ4n) is 1.55. The number of benzene rings is 1. The lowest BCUT2D eigenvalue weighted by molar-refractivity contribution is -0.115. The van der Waals surface area contributed by atoms with E-state index in [2.05, 4.69) is 27.4 Å². The first-order chi connectivity index (χ1) is 10.5. The molecule has 0 saturated carbocycles. The van der Waals surface area contributed by atoms with E-state index in [0.29, 0.717) is 27.4 Å². The highest BCUT2D eigenvalue weighted by Crippen LogP contribution is 2.27. The van der Waals surface area contributed by atoms with Crippen molar-refractivity contribution >= 4 is 46.6 Å². The van der Waals surface area contributed by atoms with Gasteiger partial charge in [-0.05, 0) is 35.5 Å². The van der Waals surface area contributed by atoms with E-state index < -0.39 is 5.25 Å². The smallest absolute Gasteiger partial charge is 0.237 e. The van der Waals surface area contributed by atoms with E-state index in [1.54, 1.807) is 35.9 Å². The number of carbonyl (C=O) groups is 1. The van der Waals surface area contributed by atoms with Gasteiger partial charge < -0.3 is 5.32 Å².